The van der Waals surface area contributed by atoms with Crippen LogP contribution in [0.1, 0.15) is 57.2 Å². The van der Waals surface area contributed by atoms with E-state index in [4.69, 9.17) is 0 Å². The molecule has 2 aromatic carbocycles. The molecule has 2 aromatic heterocycles. The number of nitrogens with zero attached hydrogens (tertiary/aromatic N) is 4. The van der Waals surface area contributed by atoms with Crippen LogP contribution in [0.5, 0.6) is 0 Å². The normalized spacial score (nSPS) is 13.2. The second-order valence-corrected chi connectivity index (χ2v) is 9.50. The largest absolute Gasteiger partial charge is 0.352 e. The zero-order valence-electron chi connectivity index (χ0n) is 21.7. The van der Waals surface area contributed by atoms with E-state index in [2.05, 4.69) is 20.7 Å². The highest BCUT2D eigenvalue weighted by Gasteiger charge is 2.22. The van der Waals surface area contributed by atoms with Gasteiger partial charge in [0.15, 0.2) is 11.6 Å². The number of fused-ring (bicyclic) bond motifs is 1. The van der Waals surface area contributed by atoms with Crippen molar-refractivity contribution in [2.45, 2.75) is 40.0 Å². The maximum atomic E-state index is 13.3. The van der Waals surface area contributed by atoms with Crippen molar-refractivity contribution >= 4 is 40.3 Å². The summed E-state index contributed by atoms with van der Waals surface area (Å²) in [4.78, 5) is 44.1. The number of hydrogen-bond acceptors (Lipinski definition) is 6. The Balaban J connectivity index is 1.40. The summed E-state index contributed by atoms with van der Waals surface area (Å²) < 4.78 is 1.64. The van der Waals surface area contributed by atoms with Crippen LogP contribution in [0.4, 0.5) is 17.2 Å². The van der Waals surface area contributed by atoms with Gasteiger partial charge in [-0.1, -0.05) is 24.3 Å². The predicted octanol–water partition coefficient (Wildman–Crippen LogP) is 4.39. The third-order valence-corrected chi connectivity index (χ3v) is 6.88. The van der Waals surface area contributed by atoms with Crippen LogP contribution >= 0.6 is 0 Å². The number of anilines is 3. The first-order valence-corrected chi connectivity index (χ1v) is 12.8. The number of benzene rings is 2. The number of rotatable bonds is 8. The van der Waals surface area contributed by atoms with Crippen molar-refractivity contribution in [3.8, 4) is 0 Å². The minimum Gasteiger partial charge on any atom is -0.352 e. The Morgan fingerprint density at radius 2 is 1.95 bits per heavy atom. The van der Waals surface area contributed by atoms with E-state index in [1.165, 1.54) is 6.33 Å². The molecule has 2 N–H and O–H groups in total. The maximum Gasteiger partial charge on any atom is 0.253 e. The Bertz CT molecular complexity index is 1560. The second-order valence-electron chi connectivity index (χ2n) is 9.50. The zero-order valence-corrected chi connectivity index (χ0v) is 21.7. The first-order chi connectivity index (χ1) is 18.4. The Morgan fingerprint density at radius 1 is 1.11 bits per heavy atom. The minimum absolute atomic E-state index is 0.0248. The van der Waals surface area contributed by atoms with Crippen molar-refractivity contribution in [3.63, 3.8) is 0 Å². The van der Waals surface area contributed by atoms with Crippen molar-refractivity contribution in [2.24, 2.45) is 0 Å². The molecule has 38 heavy (non-hydrogen) atoms. The third kappa shape index (κ3) is 4.87. The fourth-order valence-corrected chi connectivity index (χ4v) is 4.84. The number of aromatic nitrogens is 3. The van der Waals surface area contributed by atoms with Crippen molar-refractivity contribution in [2.75, 3.05) is 23.3 Å². The molecule has 0 saturated carbocycles. The highest BCUT2D eigenvalue weighted by atomic mass is 16.2. The topological polar surface area (TPSA) is 109 Å². The van der Waals surface area contributed by atoms with Gasteiger partial charge in [-0.25, -0.2) is 9.50 Å². The van der Waals surface area contributed by atoms with Crippen LogP contribution in [0.25, 0.3) is 5.52 Å². The lowest BCUT2D eigenvalue weighted by molar-refractivity contribution is -0.117. The quantitative estimate of drug-likeness (QED) is 0.340. The van der Waals surface area contributed by atoms with Gasteiger partial charge < -0.3 is 15.5 Å². The van der Waals surface area contributed by atoms with Crippen LogP contribution in [0, 0.1) is 13.8 Å². The highest BCUT2D eigenvalue weighted by molar-refractivity contribution is 6.00. The number of aryl methyl sites for hydroxylation is 2. The summed E-state index contributed by atoms with van der Waals surface area (Å²) in [5, 5.41) is 10.4. The zero-order chi connectivity index (χ0) is 26.8. The van der Waals surface area contributed by atoms with Crippen LogP contribution in [0.15, 0.2) is 55.0 Å². The fourth-order valence-electron chi connectivity index (χ4n) is 4.84. The first kappa shape index (κ1) is 25.1. The molecule has 2 amide bonds. The second kappa shape index (κ2) is 10.5. The van der Waals surface area contributed by atoms with Crippen LogP contribution < -0.4 is 15.5 Å². The summed E-state index contributed by atoms with van der Waals surface area (Å²) >= 11 is 0. The number of nitrogens with one attached hydrogen (secondary N) is 2. The Kier molecular flexibility index (Phi) is 6.91. The average molecular weight is 511 g/mol. The van der Waals surface area contributed by atoms with E-state index >= 15 is 0 Å². The molecule has 1 aliphatic heterocycles. The average Bonchev–Trinajstić information content (AvgIpc) is 3.49. The molecule has 0 spiro atoms. The van der Waals surface area contributed by atoms with Gasteiger partial charge in [0.1, 0.15) is 11.8 Å². The van der Waals surface area contributed by atoms with Crippen molar-refractivity contribution in [1.29, 1.82) is 0 Å². The van der Waals surface area contributed by atoms with Crippen molar-refractivity contribution < 1.29 is 14.4 Å². The summed E-state index contributed by atoms with van der Waals surface area (Å²) in [6.45, 7) is 6.94. The van der Waals surface area contributed by atoms with E-state index in [1.807, 2.05) is 63.2 Å². The molecular weight excluding hydrogens is 480 g/mol. The molecule has 1 fully saturated rings. The molecule has 5 rings (SSSR count). The molecule has 4 aromatic rings. The smallest absolute Gasteiger partial charge is 0.253 e. The van der Waals surface area contributed by atoms with Gasteiger partial charge in [0.25, 0.3) is 5.91 Å². The summed E-state index contributed by atoms with van der Waals surface area (Å²) in [5.41, 5.74) is 5.95. The molecule has 0 radical (unpaired) electrons. The SMILES string of the molecule is CCNC(=O)c1cn2ncnc(Nc3cc(C(=O)Cc4cccc(N5CCCC5=O)c4)ccc3C)c2c1C. The monoisotopic (exact) mass is 510 g/mol. The molecule has 1 aliphatic rings. The molecule has 3 heterocycles. The maximum absolute atomic E-state index is 13.3. The summed E-state index contributed by atoms with van der Waals surface area (Å²) in [5.74, 6) is 0.480. The minimum atomic E-state index is -0.164. The van der Waals surface area contributed by atoms with E-state index in [-0.39, 0.29) is 24.0 Å². The van der Waals surface area contributed by atoms with E-state index in [9.17, 15) is 14.4 Å². The number of carbonyl (C=O) groups excluding carboxylic acids is 3. The van der Waals surface area contributed by atoms with Crippen LogP contribution in [0.3, 0.4) is 0 Å². The van der Waals surface area contributed by atoms with Gasteiger partial charge in [-0.15, -0.1) is 0 Å². The number of Topliss-reactive ketones (excluding diaryl/α,β-unsaturated/α-hetero) is 1. The lowest BCUT2D eigenvalue weighted by atomic mass is 10.0. The van der Waals surface area contributed by atoms with Crippen LogP contribution in [-0.2, 0) is 11.2 Å². The fraction of sp³-hybridized carbons (Fsp3) is 0.276. The van der Waals surface area contributed by atoms with E-state index in [1.54, 1.807) is 15.6 Å². The Hall–Kier alpha value is -4.53. The highest BCUT2D eigenvalue weighted by Crippen LogP contribution is 2.28. The van der Waals surface area contributed by atoms with Gasteiger partial charge in [0.2, 0.25) is 5.91 Å². The lowest BCUT2D eigenvalue weighted by Crippen LogP contribution is -2.23. The summed E-state index contributed by atoms with van der Waals surface area (Å²) in [7, 11) is 0. The van der Waals surface area contributed by atoms with Gasteiger partial charge in [-0.3, -0.25) is 14.4 Å². The van der Waals surface area contributed by atoms with Gasteiger partial charge >= 0.3 is 0 Å². The molecule has 0 atom stereocenters. The molecule has 194 valence electrons. The van der Waals surface area contributed by atoms with Crippen molar-refractivity contribution in [3.05, 3.63) is 82.8 Å². The van der Waals surface area contributed by atoms with E-state index in [0.29, 0.717) is 42.0 Å². The number of ketones is 1. The van der Waals surface area contributed by atoms with E-state index in [0.717, 1.165) is 34.5 Å². The Labute approximate surface area is 220 Å². The van der Waals surface area contributed by atoms with Gasteiger partial charge in [0, 0.05) is 49.1 Å². The van der Waals surface area contributed by atoms with Crippen LogP contribution in [0.2, 0.25) is 0 Å². The molecule has 0 unspecified atom stereocenters. The van der Waals surface area contributed by atoms with Gasteiger partial charge in [-0.05, 0) is 62.1 Å². The number of carbonyl (C=O) groups is 3. The number of amides is 2. The molecule has 9 nitrogen and oxygen atoms in total. The van der Waals surface area contributed by atoms with E-state index < -0.39 is 0 Å². The Morgan fingerprint density at radius 3 is 2.71 bits per heavy atom. The standard InChI is InChI=1S/C29H30N6O3/c1-4-30-29(38)23-16-35-27(19(23)3)28(31-17-32-35)33-24-15-21(11-10-18(24)2)25(36)14-20-7-5-8-22(13-20)34-12-6-9-26(34)37/h5,7-8,10-11,13,15-17H,4,6,9,12,14H2,1-3H3,(H,30,38)(H,31,32,33). The molecule has 0 bridgehead atoms. The third-order valence-electron chi connectivity index (χ3n) is 6.88. The molecular formula is C29H30N6O3. The molecule has 1 saturated heterocycles. The first-order valence-electron chi connectivity index (χ1n) is 12.8. The summed E-state index contributed by atoms with van der Waals surface area (Å²) in [6, 6.07) is 13.2. The van der Waals surface area contributed by atoms with Gasteiger partial charge in [0.05, 0.1) is 5.56 Å². The van der Waals surface area contributed by atoms with Crippen molar-refractivity contribution in [1.82, 2.24) is 19.9 Å². The molecule has 0 aliphatic carbocycles. The molecule has 9 heteroatoms. The lowest BCUT2D eigenvalue weighted by Gasteiger charge is -2.16. The predicted molar refractivity (Wildman–Crippen MR) is 146 cm³/mol. The number of hydrogen-bond donors (Lipinski definition) is 2. The summed E-state index contributed by atoms with van der Waals surface area (Å²) in [6.07, 6.45) is 4.77. The van der Waals surface area contributed by atoms with Crippen LogP contribution in [-0.4, -0.2) is 45.3 Å². The van der Waals surface area contributed by atoms with Gasteiger partial charge in [-0.2, -0.15) is 5.10 Å².